The highest BCUT2D eigenvalue weighted by atomic mass is 16.5. The molecular weight excluding hydrogens is 250 g/mol. The Morgan fingerprint density at radius 1 is 1.53 bits per heavy atom. The Hall–Kier alpha value is -1.14. The molecule has 1 fully saturated rings. The van der Waals surface area contributed by atoms with Crippen molar-refractivity contribution in [3.05, 3.63) is 0 Å². The van der Waals surface area contributed by atoms with Gasteiger partial charge in [-0.05, 0) is 26.2 Å². The van der Waals surface area contributed by atoms with Crippen molar-refractivity contribution in [1.82, 2.24) is 5.32 Å². The van der Waals surface area contributed by atoms with Crippen LogP contribution >= 0.6 is 0 Å². The molecule has 0 aliphatic carbocycles. The van der Waals surface area contributed by atoms with Crippen molar-refractivity contribution >= 4 is 11.9 Å². The van der Waals surface area contributed by atoms with E-state index in [9.17, 15) is 9.59 Å². The van der Waals surface area contributed by atoms with Crippen LogP contribution in [0.15, 0.2) is 0 Å². The number of ether oxygens (including phenoxy) is 2. The Kier molecular flexibility index (Phi) is 6.24. The SMILES string of the molecule is CCC[C@@](C)(NC(=O)COC[C@@H]1CCCO1)C(=O)O. The van der Waals surface area contributed by atoms with Crippen LogP contribution in [0.4, 0.5) is 0 Å². The topological polar surface area (TPSA) is 84.9 Å². The highest BCUT2D eigenvalue weighted by molar-refractivity contribution is 5.87. The van der Waals surface area contributed by atoms with Crippen LogP contribution in [0.25, 0.3) is 0 Å². The van der Waals surface area contributed by atoms with Gasteiger partial charge in [-0.1, -0.05) is 13.3 Å². The zero-order valence-corrected chi connectivity index (χ0v) is 11.6. The number of amides is 1. The van der Waals surface area contributed by atoms with Crippen molar-refractivity contribution in [2.75, 3.05) is 19.8 Å². The van der Waals surface area contributed by atoms with E-state index in [1.165, 1.54) is 6.92 Å². The van der Waals surface area contributed by atoms with E-state index in [0.29, 0.717) is 19.4 Å². The average Bonchev–Trinajstić information content (AvgIpc) is 2.82. The van der Waals surface area contributed by atoms with Crippen molar-refractivity contribution in [2.45, 2.75) is 51.2 Å². The fourth-order valence-electron chi connectivity index (χ4n) is 2.13. The second-order valence-electron chi connectivity index (χ2n) is 5.09. The zero-order chi connectivity index (χ0) is 14.3. The number of hydrogen-bond acceptors (Lipinski definition) is 4. The normalized spacial score (nSPS) is 21.9. The number of rotatable bonds is 8. The summed E-state index contributed by atoms with van der Waals surface area (Å²) in [5.41, 5.74) is -1.22. The van der Waals surface area contributed by atoms with Gasteiger partial charge >= 0.3 is 5.97 Å². The highest BCUT2D eigenvalue weighted by Gasteiger charge is 2.33. The molecule has 1 heterocycles. The minimum absolute atomic E-state index is 0.0642. The molecule has 6 nitrogen and oxygen atoms in total. The van der Waals surface area contributed by atoms with E-state index in [1.54, 1.807) is 0 Å². The molecule has 2 atom stereocenters. The quantitative estimate of drug-likeness (QED) is 0.687. The lowest BCUT2D eigenvalue weighted by Gasteiger charge is -2.25. The minimum Gasteiger partial charge on any atom is -0.480 e. The molecule has 1 aliphatic rings. The molecule has 6 heteroatoms. The van der Waals surface area contributed by atoms with Gasteiger partial charge in [0.15, 0.2) is 0 Å². The van der Waals surface area contributed by atoms with E-state index in [4.69, 9.17) is 14.6 Å². The van der Waals surface area contributed by atoms with E-state index in [-0.39, 0.29) is 12.7 Å². The van der Waals surface area contributed by atoms with Gasteiger partial charge in [-0.2, -0.15) is 0 Å². The van der Waals surface area contributed by atoms with Crippen molar-refractivity contribution < 1.29 is 24.2 Å². The first-order chi connectivity index (χ1) is 8.98. The summed E-state index contributed by atoms with van der Waals surface area (Å²) in [6, 6.07) is 0. The number of hydrogen-bond donors (Lipinski definition) is 2. The Balaban J connectivity index is 2.29. The molecule has 0 aromatic heterocycles. The van der Waals surface area contributed by atoms with Crippen molar-refractivity contribution in [3.63, 3.8) is 0 Å². The van der Waals surface area contributed by atoms with E-state index >= 15 is 0 Å². The van der Waals surface area contributed by atoms with Gasteiger partial charge in [-0.15, -0.1) is 0 Å². The number of carboxylic acids is 1. The molecule has 2 N–H and O–H groups in total. The third-order valence-corrected chi connectivity index (χ3v) is 3.20. The lowest BCUT2D eigenvalue weighted by atomic mass is 9.96. The van der Waals surface area contributed by atoms with E-state index in [2.05, 4.69) is 5.32 Å². The minimum atomic E-state index is -1.22. The van der Waals surface area contributed by atoms with Crippen molar-refractivity contribution in [3.8, 4) is 0 Å². The van der Waals surface area contributed by atoms with Crippen LogP contribution < -0.4 is 5.32 Å². The van der Waals surface area contributed by atoms with Gasteiger partial charge in [0.2, 0.25) is 5.91 Å². The molecule has 0 aromatic carbocycles. The first kappa shape index (κ1) is 15.9. The Bertz CT molecular complexity index is 314. The van der Waals surface area contributed by atoms with Gasteiger partial charge in [-0.25, -0.2) is 4.79 Å². The summed E-state index contributed by atoms with van der Waals surface area (Å²) in [4.78, 5) is 22.8. The van der Waals surface area contributed by atoms with Gasteiger partial charge in [0.1, 0.15) is 12.1 Å². The summed E-state index contributed by atoms with van der Waals surface area (Å²) in [5, 5.41) is 11.6. The fraction of sp³-hybridized carbons (Fsp3) is 0.846. The summed E-state index contributed by atoms with van der Waals surface area (Å²) >= 11 is 0. The second-order valence-corrected chi connectivity index (χ2v) is 5.09. The number of carboxylic acid groups (broad SMARTS) is 1. The summed E-state index contributed by atoms with van der Waals surface area (Å²) < 4.78 is 10.6. The molecule has 1 rings (SSSR count). The maximum absolute atomic E-state index is 11.7. The van der Waals surface area contributed by atoms with E-state index in [1.807, 2.05) is 6.92 Å². The van der Waals surface area contributed by atoms with Gasteiger partial charge in [0, 0.05) is 6.61 Å². The third kappa shape index (κ3) is 5.16. The van der Waals surface area contributed by atoms with Crippen LogP contribution in [0, 0.1) is 0 Å². The molecule has 0 radical (unpaired) electrons. The zero-order valence-electron chi connectivity index (χ0n) is 11.6. The smallest absolute Gasteiger partial charge is 0.329 e. The van der Waals surface area contributed by atoms with Crippen LogP contribution in [0.3, 0.4) is 0 Å². The number of carbonyl (C=O) groups excluding carboxylic acids is 1. The maximum atomic E-state index is 11.7. The third-order valence-electron chi connectivity index (χ3n) is 3.20. The predicted molar refractivity (Wildman–Crippen MR) is 68.9 cm³/mol. The van der Waals surface area contributed by atoms with Gasteiger partial charge < -0.3 is 19.9 Å². The monoisotopic (exact) mass is 273 g/mol. The molecule has 0 aromatic rings. The molecule has 1 aliphatic heterocycles. The standard InChI is InChI=1S/C13H23NO5/c1-3-6-13(2,12(16)17)14-11(15)9-18-8-10-5-4-7-19-10/h10H,3-9H2,1-2H3,(H,14,15)(H,16,17)/t10-,13+/m0/s1. The Labute approximate surface area is 113 Å². The van der Waals surface area contributed by atoms with Crippen LogP contribution in [0.1, 0.15) is 39.5 Å². The molecular formula is C13H23NO5. The van der Waals surface area contributed by atoms with Crippen molar-refractivity contribution in [2.24, 2.45) is 0 Å². The highest BCUT2D eigenvalue weighted by Crippen LogP contribution is 2.13. The number of carbonyl (C=O) groups is 2. The largest absolute Gasteiger partial charge is 0.480 e. The molecule has 0 bridgehead atoms. The van der Waals surface area contributed by atoms with Crippen LogP contribution in [-0.2, 0) is 19.1 Å². The van der Waals surface area contributed by atoms with Crippen LogP contribution in [0.2, 0.25) is 0 Å². The van der Waals surface area contributed by atoms with E-state index in [0.717, 1.165) is 19.4 Å². The van der Waals surface area contributed by atoms with Gasteiger partial charge in [0.25, 0.3) is 0 Å². The fourth-order valence-corrected chi connectivity index (χ4v) is 2.13. The van der Waals surface area contributed by atoms with Crippen LogP contribution in [-0.4, -0.2) is 48.4 Å². The number of nitrogens with one attached hydrogen (secondary N) is 1. The molecule has 0 unspecified atom stereocenters. The Morgan fingerprint density at radius 3 is 2.79 bits per heavy atom. The summed E-state index contributed by atoms with van der Waals surface area (Å²) in [6.45, 7) is 4.38. The van der Waals surface area contributed by atoms with Crippen molar-refractivity contribution in [1.29, 1.82) is 0 Å². The number of aliphatic carboxylic acids is 1. The van der Waals surface area contributed by atoms with Crippen LogP contribution in [0.5, 0.6) is 0 Å². The Morgan fingerprint density at radius 2 is 2.26 bits per heavy atom. The first-order valence-electron chi connectivity index (χ1n) is 6.71. The summed E-state index contributed by atoms with van der Waals surface area (Å²) in [5.74, 6) is -1.43. The van der Waals surface area contributed by atoms with Gasteiger partial charge in [-0.3, -0.25) is 4.79 Å². The summed E-state index contributed by atoms with van der Waals surface area (Å²) in [6.07, 6.45) is 3.10. The second kappa shape index (κ2) is 7.45. The summed E-state index contributed by atoms with van der Waals surface area (Å²) in [7, 11) is 0. The lowest BCUT2D eigenvalue weighted by Crippen LogP contribution is -2.53. The molecule has 0 saturated carbocycles. The van der Waals surface area contributed by atoms with Gasteiger partial charge in [0.05, 0.1) is 12.7 Å². The first-order valence-corrected chi connectivity index (χ1v) is 6.71. The molecule has 110 valence electrons. The predicted octanol–water partition coefficient (Wildman–Crippen LogP) is 0.942. The maximum Gasteiger partial charge on any atom is 0.329 e. The molecule has 0 spiro atoms. The van der Waals surface area contributed by atoms with E-state index < -0.39 is 17.4 Å². The molecule has 1 saturated heterocycles. The molecule has 1 amide bonds. The molecule has 19 heavy (non-hydrogen) atoms. The average molecular weight is 273 g/mol. The lowest BCUT2D eigenvalue weighted by molar-refractivity contribution is -0.148.